The van der Waals surface area contributed by atoms with Crippen molar-refractivity contribution in [3.05, 3.63) is 0 Å². The minimum atomic E-state index is -8.04. The molecule has 1 amide bonds. The van der Waals surface area contributed by atoms with Gasteiger partial charge in [0.2, 0.25) is 0 Å². The van der Waals surface area contributed by atoms with E-state index in [9.17, 15) is 61.9 Å². The van der Waals surface area contributed by atoms with Gasteiger partial charge in [0.05, 0.1) is 27.2 Å². The molecule has 0 rings (SSSR count). The SMILES string of the molecule is C[N+](C)(CCO)CCCNC(=O)C(F)(F)C(F)(F)C(F)(F)C(F)(F)C(F)(F)C(F)(F)F. The molecule has 0 unspecified atom stereocenters. The molecule has 0 aliphatic carbocycles. The Morgan fingerprint density at radius 2 is 1.16 bits per heavy atom. The first-order valence-electron chi connectivity index (χ1n) is 8.11. The number of halogens is 13. The zero-order chi connectivity index (χ0) is 25.3. The number of hydrogen-bond donors (Lipinski definition) is 2. The number of nitrogens with one attached hydrogen (secondary N) is 1. The van der Waals surface area contributed by atoms with E-state index in [-0.39, 0.29) is 30.6 Å². The Bertz CT molecular complexity index is 632. The molecule has 0 radical (unpaired) electrons. The van der Waals surface area contributed by atoms with Crippen molar-refractivity contribution in [1.82, 2.24) is 5.32 Å². The lowest BCUT2D eigenvalue weighted by Gasteiger charge is -2.39. The molecule has 0 saturated heterocycles. The van der Waals surface area contributed by atoms with Crippen LogP contribution in [0.2, 0.25) is 0 Å². The molecule has 31 heavy (non-hydrogen) atoms. The molecule has 0 heterocycles. The number of aliphatic hydroxyl groups excluding tert-OH is 1. The van der Waals surface area contributed by atoms with E-state index >= 15 is 0 Å². The quantitative estimate of drug-likeness (QED) is 0.264. The monoisotopic (exact) mass is 493 g/mol. The van der Waals surface area contributed by atoms with Crippen molar-refractivity contribution in [2.24, 2.45) is 0 Å². The molecule has 0 fully saturated rings. The summed E-state index contributed by atoms with van der Waals surface area (Å²) in [6.07, 6.45) is -7.79. The highest BCUT2D eigenvalue weighted by Gasteiger charge is 2.91. The van der Waals surface area contributed by atoms with E-state index < -0.39 is 48.2 Å². The molecule has 4 nitrogen and oxygen atoms in total. The predicted molar refractivity (Wildman–Crippen MR) is 77.3 cm³/mol. The number of nitrogens with zero attached hydrogens (tertiary/aromatic N) is 1. The Morgan fingerprint density at radius 1 is 0.742 bits per heavy atom. The summed E-state index contributed by atoms with van der Waals surface area (Å²) in [4.78, 5) is 11.2. The molecule has 0 aromatic carbocycles. The summed E-state index contributed by atoms with van der Waals surface area (Å²) in [6, 6.07) is 0. The lowest BCUT2D eigenvalue weighted by Crippen LogP contribution is -2.72. The van der Waals surface area contributed by atoms with E-state index in [1.807, 2.05) is 0 Å². The van der Waals surface area contributed by atoms with E-state index in [2.05, 4.69) is 0 Å². The molecule has 0 aromatic rings. The van der Waals surface area contributed by atoms with Crippen LogP contribution in [0.25, 0.3) is 0 Å². The number of alkyl halides is 13. The summed E-state index contributed by atoms with van der Waals surface area (Å²) in [5.74, 6) is -41.6. The number of carbonyl (C=O) groups excluding carboxylic acids is 1. The molecule has 0 aromatic heterocycles. The molecule has 0 aliphatic heterocycles. The second-order valence-corrected chi connectivity index (χ2v) is 7.09. The van der Waals surface area contributed by atoms with Crippen LogP contribution >= 0.6 is 0 Å². The summed E-state index contributed by atoms with van der Waals surface area (Å²) >= 11 is 0. The van der Waals surface area contributed by atoms with E-state index in [0.29, 0.717) is 0 Å². The molecule has 0 spiro atoms. The Kier molecular flexibility index (Phi) is 8.35. The normalized spacial score (nSPS) is 15.2. The fourth-order valence-corrected chi connectivity index (χ4v) is 2.11. The van der Waals surface area contributed by atoms with Crippen LogP contribution in [0.3, 0.4) is 0 Å². The number of likely N-dealkylation sites (N-methyl/N-ethyl adjacent to an activating group) is 1. The van der Waals surface area contributed by atoms with Crippen molar-refractivity contribution >= 4 is 5.91 Å². The van der Waals surface area contributed by atoms with Crippen molar-refractivity contribution in [3.63, 3.8) is 0 Å². The standard InChI is InChI=1S/C14H17F13N2O2/c1-29(2,6-7-30)5-3-4-28-8(31)9(15,16)10(17,18)11(19,20)12(21,22)13(23,24)14(25,26)27/h30H,3-7H2,1-2H3/p+1. The van der Waals surface area contributed by atoms with E-state index in [0.717, 1.165) is 5.32 Å². The van der Waals surface area contributed by atoms with Gasteiger partial charge in [-0.15, -0.1) is 0 Å². The first-order valence-corrected chi connectivity index (χ1v) is 8.11. The van der Waals surface area contributed by atoms with Crippen molar-refractivity contribution < 1.29 is 71.5 Å². The Morgan fingerprint density at radius 3 is 1.55 bits per heavy atom. The fourth-order valence-electron chi connectivity index (χ4n) is 2.11. The minimum absolute atomic E-state index is 0.00877. The van der Waals surface area contributed by atoms with Crippen LogP contribution in [0, 0.1) is 0 Å². The van der Waals surface area contributed by atoms with Crippen molar-refractivity contribution in [2.75, 3.05) is 40.3 Å². The smallest absolute Gasteiger partial charge is 0.391 e. The average Bonchev–Trinajstić information content (AvgIpc) is 2.56. The zero-order valence-electron chi connectivity index (χ0n) is 15.8. The van der Waals surface area contributed by atoms with Gasteiger partial charge in [-0.05, 0) is 0 Å². The predicted octanol–water partition coefficient (Wildman–Crippen LogP) is 3.30. The van der Waals surface area contributed by atoms with Crippen LogP contribution in [-0.4, -0.2) is 91.6 Å². The third-order valence-electron chi connectivity index (χ3n) is 4.15. The lowest BCUT2D eigenvalue weighted by molar-refractivity contribution is -0.890. The van der Waals surface area contributed by atoms with Gasteiger partial charge < -0.3 is 14.9 Å². The van der Waals surface area contributed by atoms with Crippen molar-refractivity contribution in [3.8, 4) is 0 Å². The van der Waals surface area contributed by atoms with Gasteiger partial charge in [0, 0.05) is 13.0 Å². The van der Waals surface area contributed by atoms with Crippen molar-refractivity contribution in [1.29, 1.82) is 0 Å². The molecular formula is C14H18F13N2O2+. The summed E-state index contributed by atoms with van der Waals surface area (Å²) in [7, 11) is 3.01. The summed E-state index contributed by atoms with van der Waals surface area (Å²) in [6.45, 7) is -1.10. The van der Waals surface area contributed by atoms with Gasteiger partial charge in [-0.1, -0.05) is 0 Å². The molecular weight excluding hydrogens is 475 g/mol. The lowest BCUT2D eigenvalue weighted by atomic mass is 9.93. The van der Waals surface area contributed by atoms with E-state index in [1.165, 1.54) is 14.1 Å². The Balaban J connectivity index is 5.64. The molecule has 0 saturated carbocycles. The summed E-state index contributed by atoms with van der Waals surface area (Å²) < 4.78 is 168. The highest BCUT2D eigenvalue weighted by Crippen LogP contribution is 2.60. The fraction of sp³-hybridized carbons (Fsp3) is 0.929. The summed E-state index contributed by atoms with van der Waals surface area (Å²) in [5.41, 5.74) is 0. The number of hydrogen-bond acceptors (Lipinski definition) is 2. The van der Waals surface area contributed by atoms with Gasteiger partial charge in [-0.2, -0.15) is 57.1 Å². The van der Waals surface area contributed by atoms with Crippen LogP contribution in [0.4, 0.5) is 57.1 Å². The molecule has 0 atom stereocenters. The maximum absolute atomic E-state index is 13.5. The first kappa shape index (κ1) is 29.5. The van der Waals surface area contributed by atoms with Crippen LogP contribution in [0.15, 0.2) is 0 Å². The molecule has 0 bridgehead atoms. The average molecular weight is 493 g/mol. The van der Waals surface area contributed by atoms with Gasteiger partial charge in [0.25, 0.3) is 5.91 Å². The van der Waals surface area contributed by atoms with Gasteiger partial charge in [-0.3, -0.25) is 4.79 Å². The van der Waals surface area contributed by atoms with Crippen LogP contribution < -0.4 is 5.32 Å². The van der Waals surface area contributed by atoms with Gasteiger partial charge in [0.15, 0.2) is 0 Å². The summed E-state index contributed by atoms with van der Waals surface area (Å²) in [5, 5.41) is 9.78. The third kappa shape index (κ3) is 5.28. The molecule has 0 aliphatic rings. The molecule has 186 valence electrons. The third-order valence-corrected chi connectivity index (χ3v) is 4.15. The van der Waals surface area contributed by atoms with Crippen LogP contribution in [0.1, 0.15) is 6.42 Å². The van der Waals surface area contributed by atoms with Gasteiger partial charge in [0.1, 0.15) is 6.54 Å². The highest BCUT2D eigenvalue weighted by molar-refractivity contribution is 5.84. The first-order chi connectivity index (χ1) is 13.4. The zero-order valence-corrected chi connectivity index (χ0v) is 15.8. The molecule has 17 heteroatoms. The number of carbonyl (C=O) groups is 1. The maximum atomic E-state index is 13.5. The van der Waals surface area contributed by atoms with Gasteiger partial charge in [-0.25, -0.2) is 0 Å². The van der Waals surface area contributed by atoms with Crippen LogP contribution in [0.5, 0.6) is 0 Å². The highest BCUT2D eigenvalue weighted by atomic mass is 19.4. The molecule has 2 N–H and O–H groups in total. The van der Waals surface area contributed by atoms with E-state index in [4.69, 9.17) is 5.11 Å². The number of aliphatic hydroxyl groups is 1. The van der Waals surface area contributed by atoms with E-state index in [1.54, 1.807) is 0 Å². The van der Waals surface area contributed by atoms with Crippen LogP contribution in [-0.2, 0) is 4.79 Å². The Labute approximate surface area is 166 Å². The second kappa shape index (κ2) is 8.78. The largest absolute Gasteiger partial charge is 0.460 e. The number of amides is 1. The van der Waals surface area contributed by atoms with Crippen molar-refractivity contribution in [2.45, 2.75) is 42.2 Å². The number of quaternary nitrogens is 1. The van der Waals surface area contributed by atoms with Gasteiger partial charge >= 0.3 is 35.8 Å². The second-order valence-electron chi connectivity index (χ2n) is 7.09. The minimum Gasteiger partial charge on any atom is -0.391 e. The Hall–Kier alpha value is -1.52. The number of rotatable bonds is 11. The maximum Gasteiger partial charge on any atom is 0.460 e. The topological polar surface area (TPSA) is 49.3 Å².